The third-order valence-electron chi connectivity index (χ3n) is 4.04. The molecule has 6 heteroatoms. The minimum Gasteiger partial charge on any atom is -0.493 e. The third-order valence-corrected chi connectivity index (χ3v) is 4.04. The van der Waals surface area contributed by atoms with Crippen LogP contribution in [-0.4, -0.2) is 28.8 Å². The van der Waals surface area contributed by atoms with E-state index in [0.717, 1.165) is 12.0 Å². The highest BCUT2D eigenvalue weighted by Gasteiger charge is 2.14. The van der Waals surface area contributed by atoms with Gasteiger partial charge in [0, 0.05) is 24.5 Å². The van der Waals surface area contributed by atoms with Gasteiger partial charge in [-0.1, -0.05) is 0 Å². The Morgan fingerprint density at radius 3 is 2.46 bits per heavy atom. The van der Waals surface area contributed by atoms with Crippen molar-refractivity contribution in [2.75, 3.05) is 14.2 Å². The molecule has 124 valence electrons. The molecule has 24 heavy (non-hydrogen) atoms. The quantitative estimate of drug-likeness (QED) is 0.721. The lowest BCUT2D eigenvalue weighted by molar-refractivity contribution is 0.355. The number of benzene rings is 1. The zero-order valence-corrected chi connectivity index (χ0v) is 13.9. The molecule has 6 nitrogen and oxygen atoms in total. The van der Waals surface area contributed by atoms with E-state index in [-0.39, 0.29) is 11.6 Å². The second kappa shape index (κ2) is 6.70. The summed E-state index contributed by atoms with van der Waals surface area (Å²) in [6.45, 7) is 2.00. The van der Waals surface area contributed by atoms with Crippen molar-refractivity contribution in [3.05, 3.63) is 58.9 Å². The highest BCUT2D eigenvalue weighted by molar-refractivity contribution is 5.81. The second-order valence-corrected chi connectivity index (χ2v) is 5.59. The molecule has 2 heterocycles. The Morgan fingerprint density at radius 2 is 1.79 bits per heavy atom. The summed E-state index contributed by atoms with van der Waals surface area (Å²) in [4.78, 5) is 21.3. The van der Waals surface area contributed by atoms with Gasteiger partial charge in [0.1, 0.15) is 0 Å². The zero-order chi connectivity index (χ0) is 17.1. The largest absolute Gasteiger partial charge is 0.493 e. The molecule has 0 radical (unpaired) electrons. The monoisotopic (exact) mass is 325 g/mol. The van der Waals surface area contributed by atoms with E-state index in [4.69, 9.17) is 9.47 Å². The van der Waals surface area contributed by atoms with Gasteiger partial charge in [-0.15, -0.1) is 0 Å². The minimum absolute atomic E-state index is 0.0232. The van der Waals surface area contributed by atoms with Crippen molar-refractivity contribution in [2.45, 2.75) is 19.4 Å². The van der Waals surface area contributed by atoms with Crippen molar-refractivity contribution < 1.29 is 9.47 Å². The van der Waals surface area contributed by atoms with E-state index in [2.05, 4.69) is 9.97 Å². The average Bonchev–Trinajstić information content (AvgIpc) is 2.61. The number of fused-ring (bicyclic) bond motifs is 1. The standard InChI is InChI=1S/C18H19N3O3/c1-12(8-13-4-6-19-7-5-13)21-11-20-15-10-17(24-3)16(23-2)9-14(15)18(21)22/h4-7,9-12H,8H2,1-3H3. The van der Waals surface area contributed by atoms with Crippen molar-refractivity contribution in [3.8, 4) is 11.5 Å². The van der Waals surface area contributed by atoms with Crippen molar-refractivity contribution in [3.63, 3.8) is 0 Å². The van der Waals surface area contributed by atoms with E-state index in [1.807, 2.05) is 19.1 Å². The lowest BCUT2D eigenvalue weighted by Crippen LogP contribution is -2.25. The van der Waals surface area contributed by atoms with Gasteiger partial charge in [-0.05, 0) is 37.1 Å². The number of aromatic nitrogens is 3. The molecule has 2 aromatic heterocycles. The van der Waals surface area contributed by atoms with Crippen LogP contribution in [0.4, 0.5) is 0 Å². The number of pyridine rings is 1. The van der Waals surface area contributed by atoms with Crippen LogP contribution in [0, 0.1) is 0 Å². The highest BCUT2D eigenvalue weighted by Crippen LogP contribution is 2.30. The van der Waals surface area contributed by atoms with Gasteiger partial charge in [0.05, 0.1) is 31.4 Å². The molecule has 3 rings (SSSR count). The van der Waals surface area contributed by atoms with Crippen LogP contribution in [-0.2, 0) is 6.42 Å². The average molecular weight is 325 g/mol. The fourth-order valence-corrected chi connectivity index (χ4v) is 2.73. The number of ether oxygens (including phenoxy) is 2. The minimum atomic E-state index is -0.0949. The Morgan fingerprint density at radius 1 is 1.12 bits per heavy atom. The number of hydrogen-bond donors (Lipinski definition) is 0. The first-order valence-corrected chi connectivity index (χ1v) is 7.65. The normalized spacial score (nSPS) is 12.1. The van der Waals surface area contributed by atoms with Gasteiger partial charge in [0.2, 0.25) is 0 Å². The van der Waals surface area contributed by atoms with Gasteiger partial charge >= 0.3 is 0 Å². The molecule has 1 unspecified atom stereocenters. The first-order valence-electron chi connectivity index (χ1n) is 7.65. The lowest BCUT2D eigenvalue weighted by Gasteiger charge is -2.16. The zero-order valence-electron chi connectivity index (χ0n) is 13.9. The maximum absolute atomic E-state index is 12.8. The molecular weight excluding hydrogens is 306 g/mol. The molecule has 0 aliphatic carbocycles. The van der Waals surface area contributed by atoms with E-state index in [1.165, 1.54) is 0 Å². The number of rotatable bonds is 5. The Bertz CT molecular complexity index is 907. The lowest BCUT2D eigenvalue weighted by atomic mass is 10.1. The summed E-state index contributed by atoms with van der Waals surface area (Å²) in [6.07, 6.45) is 5.81. The van der Waals surface area contributed by atoms with Crippen LogP contribution >= 0.6 is 0 Å². The predicted molar refractivity (Wildman–Crippen MR) is 91.8 cm³/mol. The van der Waals surface area contributed by atoms with Gasteiger partial charge in [-0.3, -0.25) is 14.3 Å². The maximum atomic E-state index is 12.8. The second-order valence-electron chi connectivity index (χ2n) is 5.59. The highest BCUT2D eigenvalue weighted by atomic mass is 16.5. The van der Waals surface area contributed by atoms with Crippen LogP contribution in [0.1, 0.15) is 18.5 Å². The fourth-order valence-electron chi connectivity index (χ4n) is 2.73. The Kier molecular flexibility index (Phi) is 4.46. The molecule has 0 fully saturated rings. The third kappa shape index (κ3) is 2.95. The maximum Gasteiger partial charge on any atom is 0.261 e. The number of hydrogen-bond acceptors (Lipinski definition) is 5. The topological polar surface area (TPSA) is 66.2 Å². The van der Waals surface area contributed by atoms with E-state index in [9.17, 15) is 4.79 Å². The van der Waals surface area contributed by atoms with Crippen LogP contribution in [0.25, 0.3) is 10.9 Å². The van der Waals surface area contributed by atoms with Crippen LogP contribution in [0.15, 0.2) is 47.8 Å². The van der Waals surface area contributed by atoms with Gasteiger partial charge < -0.3 is 9.47 Å². The Labute approximate surface area is 139 Å². The van der Waals surface area contributed by atoms with Crippen molar-refractivity contribution >= 4 is 10.9 Å². The summed E-state index contributed by atoms with van der Waals surface area (Å²) < 4.78 is 12.2. The molecule has 3 aromatic rings. The van der Waals surface area contributed by atoms with Gasteiger partial charge in [0.15, 0.2) is 11.5 Å². The summed E-state index contributed by atoms with van der Waals surface area (Å²) in [6, 6.07) is 7.27. The summed E-state index contributed by atoms with van der Waals surface area (Å²) in [5.41, 5.74) is 1.62. The summed E-state index contributed by atoms with van der Waals surface area (Å²) in [5, 5.41) is 0.511. The molecular formula is C18H19N3O3. The van der Waals surface area contributed by atoms with Crippen LogP contribution in [0.3, 0.4) is 0 Å². The molecule has 0 saturated heterocycles. The number of nitrogens with zero attached hydrogens (tertiary/aromatic N) is 3. The van der Waals surface area contributed by atoms with E-state index < -0.39 is 0 Å². The molecule has 0 bridgehead atoms. The van der Waals surface area contributed by atoms with Gasteiger partial charge in [0.25, 0.3) is 5.56 Å². The molecule has 0 aliphatic rings. The summed E-state index contributed by atoms with van der Waals surface area (Å²) in [5.74, 6) is 1.07. The predicted octanol–water partition coefficient (Wildman–Crippen LogP) is 2.61. The summed E-state index contributed by atoms with van der Waals surface area (Å²) >= 11 is 0. The Balaban J connectivity index is 2.03. The first-order chi connectivity index (χ1) is 11.6. The first kappa shape index (κ1) is 16.0. The molecule has 1 atom stereocenters. The molecule has 0 amide bonds. The van der Waals surface area contributed by atoms with E-state index in [0.29, 0.717) is 22.4 Å². The molecule has 1 aromatic carbocycles. The fraction of sp³-hybridized carbons (Fsp3) is 0.278. The van der Waals surface area contributed by atoms with E-state index >= 15 is 0 Å². The van der Waals surface area contributed by atoms with Crippen molar-refractivity contribution in [1.29, 1.82) is 0 Å². The van der Waals surface area contributed by atoms with Gasteiger partial charge in [-0.25, -0.2) is 4.98 Å². The Hall–Kier alpha value is -2.89. The van der Waals surface area contributed by atoms with Crippen molar-refractivity contribution in [1.82, 2.24) is 14.5 Å². The molecule has 0 saturated carbocycles. The molecule has 0 aliphatic heterocycles. The van der Waals surface area contributed by atoms with Crippen LogP contribution < -0.4 is 15.0 Å². The van der Waals surface area contributed by atoms with Gasteiger partial charge in [-0.2, -0.15) is 0 Å². The van der Waals surface area contributed by atoms with Crippen LogP contribution in [0.5, 0.6) is 11.5 Å². The smallest absolute Gasteiger partial charge is 0.261 e. The SMILES string of the molecule is COc1cc2ncn(C(C)Cc3ccncc3)c(=O)c2cc1OC. The number of methoxy groups -OCH3 is 2. The van der Waals surface area contributed by atoms with Crippen LogP contribution in [0.2, 0.25) is 0 Å². The molecule has 0 spiro atoms. The van der Waals surface area contributed by atoms with E-state index in [1.54, 1.807) is 49.6 Å². The molecule has 0 N–H and O–H groups in total. The summed E-state index contributed by atoms with van der Waals surface area (Å²) in [7, 11) is 3.10. The van der Waals surface area contributed by atoms with Crippen molar-refractivity contribution in [2.24, 2.45) is 0 Å².